The second-order valence-electron chi connectivity index (χ2n) is 4.40. The molecule has 1 aromatic heterocycles. The van der Waals surface area contributed by atoms with Gasteiger partial charge in [0.1, 0.15) is 0 Å². The summed E-state index contributed by atoms with van der Waals surface area (Å²) in [5.74, 6) is 1.20. The molecule has 15 heavy (non-hydrogen) atoms. The predicted molar refractivity (Wildman–Crippen MR) is 65.0 cm³/mol. The van der Waals surface area contributed by atoms with Crippen LogP contribution in [0.1, 0.15) is 25.8 Å². The monoisotopic (exact) mass is 226 g/mol. The molecule has 0 bridgehead atoms. The van der Waals surface area contributed by atoms with E-state index in [2.05, 4.69) is 18.8 Å². The molecule has 0 fully saturated rings. The third-order valence-corrected chi connectivity index (χ3v) is 2.84. The smallest absolute Gasteiger partial charge is 0.0621 e. The maximum absolute atomic E-state index is 6.06. The van der Waals surface area contributed by atoms with E-state index in [4.69, 9.17) is 17.3 Å². The van der Waals surface area contributed by atoms with Gasteiger partial charge in [0.15, 0.2) is 0 Å². The average Bonchev–Trinajstić information content (AvgIpc) is 2.19. The SMILES string of the molecule is CC(C)CC(CN)Cc1ccncc1Cl. The van der Waals surface area contributed by atoms with Gasteiger partial charge in [-0.25, -0.2) is 0 Å². The minimum atomic E-state index is 0.518. The Morgan fingerprint density at radius 1 is 1.47 bits per heavy atom. The number of hydrogen-bond acceptors (Lipinski definition) is 2. The first kappa shape index (κ1) is 12.5. The molecule has 0 aromatic carbocycles. The van der Waals surface area contributed by atoms with Crippen molar-refractivity contribution in [3.05, 3.63) is 29.0 Å². The van der Waals surface area contributed by atoms with E-state index >= 15 is 0 Å². The number of aromatic nitrogens is 1. The van der Waals surface area contributed by atoms with Crippen LogP contribution in [0.15, 0.2) is 18.5 Å². The Morgan fingerprint density at radius 3 is 2.73 bits per heavy atom. The van der Waals surface area contributed by atoms with Crippen LogP contribution in [0.3, 0.4) is 0 Å². The molecule has 0 spiro atoms. The summed E-state index contributed by atoms with van der Waals surface area (Å²) in [6.45, 7) is 5.16. The van der Waals surface area contributed by atoms with Gasteiger partial charge in [-0.2, -0.15) is 0 Å². The average molecular weight is 227 g/mol. The molecule has 0 aliphatic rings. The molecular weight excluding hydrogens is 208 g/mol. The molecule has 0 amide bonds. The van der Waals surface area contributed by atoms with Crippen molar-refractivity contribution in [2.24, 2.45) is 17.6 Å². The number of nitrogens with zero attached hydrogens (tertiary/aromatic N) is 1. The van der Waals surface area contributed by atoms with Crippen molar-refractivity contribution in [1.29, 1.82) is 0 Å². The van der Waals surface area contributed by atoms with Crippen LogP contribution in [0.5, 0.6) is 0 Å². The summed E-state index contributed by atoms with van der Waals surface area (Å²) in [6.07, 6.45) is 5.58. The third kappa shape index (κ3) is 4.18. The summed E-state index contributed by atoms with van der Waals surface area (Å²) in [4.78, 5) is 3.98. The number of hydrogen-bond donors (Lipinski definition) is 1. The molecule has 1 aromatic rings. The summed E-state index contributed by atoms with van der Waals surface area (Å²) in [5, 5.41) is 0.750. The van der Waals surface area contributed by atoms with Crippen LogP contribution in [-0.2, 0) is 6.42 Å². The van der Waals surface area contributed by atoms with E-state index in [1.165, 1.54) is 0 Å². The molecule has 0 saturated carbocycles. The van der Waals surface area contributed by atoms with Gasteiger partial charge in [0.25, 0.3) is 0 Å². The van der Waals surface area contributed by atoms with Gasteiger partial charge < -0.3 is 5.73 Å². The van der Waals surface area contributed by atoms with Gasteiger partial charge in [-0.15, -0.1) is 0 Å². The highest BCUT2D eigenvalue weighted by Crippen LogP contribution is 2.21. The zero-order valence-corrected chi connectivity index (χ0v) is 10.2. The predicted octanol–water partition coefficient (Wildman–Crippen LogP) is 2.90. The Hall–Kier alpha value is -0.600. The molecule has 1 heterocycles. The topological polar surface area (TPSA) is 38.9 Å². The van der Waals surface area contributed by atoms with Gasteiger partial charge >= 0.3 is 0 Å². The van der Waals surface area contributed by atoms with E-state index in [0.29, 0.717) is 11.8 Å². The van der Waals surface area contributed by atoms with Crippen molar-refractivity contribution < 1.29 is 0 Å². The van der Waals surface area contributed by atoms with E-state index in [-0.39, 0.29) is 0 Å². The standard InChI is InChI=1S/C12H19ClN2/c1-9(2)5-10(7-14)6-11-3-4-15-8-12(11)13/h3-4,8-10H,5-7,14H2,1-2H3. The van der Waals surface area contributed by atoms with Crippen molar-refractivity contribution in [1.82, 2.24) is 4.98 Å². The van der Waals surface area contributed by atoms with E-state index < -0.39 is 0 Å². The highest BCUT2D eigenvalue weighted by molar-refractivity contribution is 6.31. The molecule has 3 heteroatoms. The molecular formula is C12H19ClN2. The minimum Gasteiger partial charge on any atom is -0.330 e. The first-order valence-corrected chi connectivity index (χ1v) is 5.79. The summed E-state index contributed by atoms with van der Waals surface area (Å²) in [7, 11) is 0. The van der Waals surface area contributed by atoms with E-state index in [1.807, 2.05) is 6.07 Å². The number of pyridine rings is 1. The van der Waals surface area contributed by atoms with Crippen molar-refractivity contribution >= 4 is 11.6 Å². The fraction of sp³-hybridized carbons (Fsp3) is 0.583. The molecule has 2 N–H and O–H groups in total. The maximum atomic E-state index is 6.06. The highest BCUT2D eigenvalue weighted by Gasteiger charge is 2.11. The fourth-order valence-corrected chi connectivity index (χ4v) is 2.01. The Balaban J connectivity index is 2.62. The molecule has 0 aliphatic heterocycles. The second kappa shape index (κ2) is 6.09. The van der Waals surface area contributed by atoms with Crippen LogP contribution in [0.4, 0.5) is 0 Å². The Bertz CT molecular complexity index is 299. The van der Waals surface area contributed by atoms with E-state index in [0.717, 1.165) is 30.0 Å². The zero-order valence-electron chi connectivity index (χ0n) is 9.41. The lowest BCUT2D eigenvalue weighted by Crippen LogP contribution is -2.19. The molecule has 84 valence electrons. The number of halogens is 1. The fourth-order valence-electron chi connectivity index (χ4n) is 1.81. The molecule has 0 saturated heterocycles. The lowest BCUT2D eigenvalue weighted by Gasteiger charge is -2.17. The highest BCUT2D eigenvalue weighted by atomic mass is 35.5. The van der Waals surface area contributed by atoms with Crippen LogP contribution in [0, 0.1) is 11.8 Å². The van der Waals surface area contributed by atoms with Crippen LogP contribution < -0.4 is 5.73 Å². The van der Waals surface area contributed by atoms with Crippen molar-refractivity contribution in [2.75, 3.05) is 6.54 Å². The van der Waals surface area contributed by atoms with Gasteiger partial charge in [-0.05, 0) is 42.9 Å². The van der Waals surface area contributed by atoms with Gasteiger partial charge in [0.05, 0.1) is 5.02 Å². The largest absolute Gasteiger partial charge is 0.330 e. The maximum Gasteiger partial charge on any atom is 0.0621 e. The zero-order chi connectivity index (χ0) is 11.3. The van der Waals surface area contributed by atoms with Crippen LogP contribution in [0.25, 0.3) is 0 Å². The van der Waals surface area contributed by atoms with Crippen molar-refractivity contribution in [3.63, 3.8) is 0 Å². The Morgan fingerprint density at radius 2 is 2.20 bits per heavy atom. The van der Waals surface area contributed by atoms with Gasteiger partial charge in [-0.1, -0.05) is 25.4 Å². The van der Waals surface area contributed by atoms with Crippen LogP contribution >= 0.6 is 11.6 Å². The first-order valence-electron chi connectivity index (χ1n) is 5.42. The van der Waals surface area contributed by atoms with Crippen molar-refractivity contribution in [2.45, 2.75) is 26.7 Å². The van der Waals surface area contributed by atoms with Gasteiger partial charge in [-0.3, -0.25) is 4.98 Å². The summed E-state index contributed by atoms with van der Waals surface area (Å²) in [5.41, 5.74) is 6.92. The van der Waals surface area contributed by atoms with Crippen LogP contribution in [-0.4, -0.2) is 11.5 Å². The van der Waals surface area contributed by atoms with Gasteiger partial charge in [0, 0.05) is 12.4 Å². The molecule has 0 radical (unpaired) electrons. The molecule has 1 atom stereocenters. The van der Waals surface area contributed by atoms with E-state index in [1.54, 1.807) is 12.4 Å². The normalized spacial score (nSPS) is 13.1. The summed E-state index contributed by atoms with van der Waals surface area (Å²) >= 11 is 6.06. The molecule has 2 nitrogen and oxygen atoms in total. The molecule has 1 unspecified atom stereocenters. The lowest BCUT2D eigenvalue weighted by molar-refractivity contribution is 0.415. The molecule has 1 rings (SSSR count). The first-order chi connectivity index (χ1) is 7.13. The Kier molecular flexibility index (Phi) is 5.06. The minimum absolute atomic E-state index is 0.518. The Labute approximate surface area is 96.8 Å². The second-order valence-corrected chi connectivity index (χ2v) is 4.81. The van der Waals surface area contributed by atoms with Crippen LogP contribution in [0.2, 0.25) is 5.02 Å². The van der Waals surface area contributed by atoms with Gasteiger partial charge in [0.2, 0.25) is 0 Å². The summed E-state index contributed by atoms with van der Waals surface area (Å²) < 4.78 is 0. The molecule has 0 aliphatic carbocycles. The quantitative estimate of drug-likeness (QED) is 0.839. The number of nitrogens with two attached hydrogens (primary N) is 1. The number of rotatable bonds is 5. The lowest BCUT2D eigenvalue weighted by atomic mass is 9.91. The van der Waals surface area contributed by atoms with E-state index in [9.17, 15) is 0 Å². The summed E-state index contributed by atoms with van der Waals surface area (Å²) in [6, 6.07) is 1.98. The van der Waals surface area contributed by atoms with Crippen molar-refractivity contribution in [3.8, 4) is 0 Å². The third-order valence-electron chi connectivity index (χ3n) is 2.50.